The van der Waals surface area contributed by atoms with Crippen molar-refractivity contribution >= 4 is 11.8 Å². The van der Waals surface area contributed by atoms with Crippen molar-refractivity contribution in [2.75, 3.05) is 21.3 Å². The Morgan fingerprint density at radius 2 is 1.44 bits per heavy atom. The van der Waals surface area contributed by atoms with Crippen molar-refractivity contribution in [3.05, 3.63) is 51.9 Å². The summed E-state index contributed by atoms with van der Waals surface area (Å²) in [6.45, 7) is 0. The molecule has 0 aliphatic carbocycles. The van der Waals surface area contributed by atoms with E-state index < -0.39 is 11.8 Å². The van der Waals surface area contributed by atoms with Gasteiger partial charge in [-0.05, 0) is 18.2 Å². The molecule has 132 valence electrons. The van der Waals surface area contributed by atoms with E-state index in [1.807, 2.05) is 0 Å². The first-order valence-electron chi connectivity index (χ1n) is 7.09. The maximum atomic E-state index is 12.2. The molecule has 3 N–H and O–H groups in total. The van der Waals surface area contributed by atoms with E-state index in [9.17, 15) is 14.4 Å². The van der Waals surface area contributed by atoms with Gasteiger partial charge in [0, 0.05) is 17.8 Å². The van der Waals surface area contributed by atoms with E-state index in [1.165, 1.54) is 51.8 Å². The fourth-order valence-electron chi connectivity index (χ4n) is 2.02. The van der Waals surface area contributed by atoms with Crippen LogP contribution in [0.2, 0.25) is 0 Å². The first-order valence-corrected chi connectivity index (χ1v) is 7.09. The number of aromatic nitrogens is 1. The molecule has 1 aromatic carbocycles. The fourth-order valence-corrected chi connectivity index (χ4v) is 2.02. The minimum absolute atomic E-state index is 0.185. The topological polar surface area (TPSA) is 119 Å². The Balaban J connectivity index is 2.14. The van der Waals surface area contributed by atoms with E-state index in [4.69, 9.17) is 14.2 Å². The maximum Gasteiger partial charge on any atom is 0.271 e. The van der Waals surface area contributed by atoms with Crippen LogP contribution in [0.5, 0.6) is 17.2 Å². The highest BCUT2D eigenvalue weighted by Crippen LogP contribution is 2.38. The lowest BCUT2D eigenvalue weighted by molar-refractivity contribution is 0.0846. The number of ether oxygens (including phenoxy) is 3. The standard InChI is InChI=1S/C16H17N3O6/c1-23-11-6-10(7-12(24-2)14(11)25-3)16(22)19-18-15(21)9-4-5-13(20)17-8-9/h4-8H,1-3H3,(H,17,20)(H,18,21)(H,19,22). The number of H-pyrrole nitrogens is 1. The average molecular weight is 347 g/mol. The highest BCUT2D eigenvalue weighted by molar-refractivity contribution is 5.99. The van der Waals surface area contributed by atoms with Crippen LogP contribution in [0.1, 0.15) is 20.7 Å². The number of aromatic amines is 1. The van der Waals surface area contributed by atoms with Gasteiger partial charge >= 0.3 is 0 Å². The quantitative estimate of drug-likeness (QED) is 0.677. The third-order valence-electron chi connectivity index (χ3n) is 3.26. The number of hydrazine groups is 1. The molecule has 9 heteroatoms. The lowest BCUT2D eigenvalue weighted by atomic mass is 10.1. The molecule has 0 saturated heterocycles. The summed E-state index contributed by atoms with van der Waals surface area (Å²) < 4.78 is 15.5. The van der Waals surface area contributed by atoms with Crippen LogP contribution in [0.15, 0.2) is 35.3 Å². The van der Waals surface area contributed by atoms with Gasteiger partial charge in [-0.1, -0.05) is 0 Å². The van der Waals surface area contributed by atoms with E-state index in [2.05, 4.69) is 15.8 Å². The predicted octanol–water partition coefficient (Wildman–Crippen LogP) is 0.475. The Morgan fingerprint density at radius 1 is 0.880 bits per heavy atom. The van der Waals surface area contributed by atoms with Crippen molar-refractivity contribution in [1.82, 2.24) is 15.8 Å². The molecule has 2 amide bonds. The van der Waals surface area contributed by atoms with E-state index in [0.717, 1.165) is 0 Å². The van der Waals surface area contributed by atoms with Gasteiger partial charge in [0.05, 0.1) is 26.9 Å². The summed E-state index contributed by atoms with van der Waals surface area (Å²) in [5.41, 5.74) is 4.56. The molecule has 1 aromatic heterocycles. The van der Waals surface area contributed by atoms with E-state index in [0.29, 0.717) is 17.2 Å². The van der Waals surface area contributed by atoms with Gasteiger partial charge in [0.25, 0.3) is 11.8 Å². The van der Waals surface area contributed by atoms with Crippen LogP contribution in [0.25, 0.3) is 0 Å². The van der Waals surface area contributed by atoms with Crippen molar-refractivity contribution < 1.29 is 23.8 Å². The minimum atomic E-state index is -0.586. The van der Waals surface area contributed by atoms with Gasteiger partial charge in [0.15, 0.2) is 11.5 Å². The number of benzene rings is 1. The summed E-state index contributed by atoms with van der Waals surface area (Å²) in [6, 6.07) is 5.43. The van der Waals surface area contributed by atoms with Crippen LogP contribution in [-0.4, -0.2) is 38.1 Å². The van der Waals surface area contributed by atoms with Crippen LogP contribution < -0.4 is 30.6 Å². The second-order valence-electron chi connectivity index (χ2n) is 4.76. The van der Waals surface area contributed by atoms with Gasteiger partial charge in [-0.25, -0.2) is 0 Å². The van der Waals surface area contributed by atoms with E-state index >= 15 is 0 Å². The molecular formula is C16H17N3O6. The molecule has 9 nitrogen and oxygen atoms in total. The molecule has 0 atom stereocenters. The summed E-state index contributed by atoms with van der Waals surface area (Å²) in [5.74, 6) is -0.217. The van der Waals surface area contributed by atoms with Crippen molar-refractivity contribution in [1.29, 1.82) is 0 Å². The summed E-state index contributed by atoms with van der Waals surface area (Å²) in [6.07, 6.45) is 1.24. The number of hydrogen-bond donors (Lipinski definition) is 3. The molecule has 2 rings (SSSR count). The Labute approximate surface area is 142 Å². The lowest BCUT2D eigenvalue weighted by Gasteiger charge is -2.14. The lowest BCUT2D eigenvalue weighted by Crippen LogP contribution is -2.41. The number of hydrogen-bond acceptors (Lipinski definition) is 6. The van der Waals surface area contributed by atoms with E-state index in [1.54, 1.807) is 0 Å². The summed E-state index contributed by atoms with van der Waals surface area (Å²) in [5, 5.41) is 0. The highest BCUT2D eigenvalue weighted by Gasteiger charge is 2.17. The smallest absolute Gasteiger partial charge is 0.271 e. The van der Waals surface area contributed by atoms with Gasteiger partial charge in [0.2, 0.25) is 11.3 Å². The number of carbonyl (C=O) groups excluding carboxylic acids is 2. The second kappa shape index (κ2) is 7.86. The molecule has 0 aliphatic rings. The number of rotatable bonds is 5. The average Bonchev–Trinajstić information content (AvgIpc) is 2.64. The molecule has 0 aliphatic heterocycles. The Kier molecular flexibility index (Phi) is 5.62. The third kappa shape index (κ3) is 4.08. The predicted molar refractivity (Wildman–Crippen MR) is 88.1 cm³/mol. The van der Waals surface area contributed by atoms with Crippen LogP contribution >= 0.6 is 0 Å². The molecule has 2 aromatic rings. The largest absolute Gasteiger partial charge is 0.493 e. The molecule has 25 heavy (non-hydrogen) atoms. The van der Waals surface area contributed by atoms with Gasteiger partial charge in [-0.3, -0.25) is 25.2 Å². The number of amides is 2. The number of methoxy groups -OCH3 is 3. The Bertz CT molecular complexity index is 801. The Hall–Kier alpha value is -3.49. The molecule has 0 bridgehead atoms. The zero-order valence-corrected chi connectivity index (χ0v) is 13.8. The van der Waals surface area contributed by atoms with Crippen molar-refractivity contribution in [3.8, 4) is 17.2 Å². The maximum absolute atomic E-state index is 12.2. The van der Waals surface area contributed by atoms with Gasteiger partial charge in [-0.15, -0.1) is 0 Å². The summed E-state index contributed by atoms with van der Waals surface area (Å²) in [4.78, 5) is 37.5. The monoisotopic (exact) mass is 347 g/mol. The highest BCUT2D eigenvalue weighted by atomic mass is 16.5. The van der Waals surface area contributed by atoms with Crippen LogP contribution in [0, 0.1) is 0 Å². The zero-order chi connectivity index (χ0) is 18.4. The molecule has 0 fully saturated rings. The van der Waals surface area contributed by atoms with Gasteiger partial charge in [0.1, 0.15) is 0 Å². The first kappa shape index (κ1) is 17.9. The van der Waals surface area contributed by atoms with Crippen molar-refractivity contribution in [2.24, 2.45) is 0 Å². The van der Waals surface area contributed by atoms with Crippen LogP contribution in [-0.2, 0) is 0 Å². The minimum Gasteiger partial charge on any atom is -0.493 e. The molecule has 0 radical (unpaired) electrons. The van der Waals surface area contributed by atoms with Crippen LogP contribution in [0.4, 0.5) is 0 Å². The molecular weight excluding hydrogens is 330 g/mol. The van der Waals surface area contributed by atoms with E-state index in [-0.39, 0.29) is 16.7 Å². The fraction of sp³-hybridized carbons (Fsp3) is 0.188. The zero-order valence-electron chi connectivity index (χ0n) is 13.8. The molecule has 1 heterocycles. The number of carbonyl (C=O) groups is 2. The summed E-state index contributed by atoms with van der Waals surface area (Å²) >= 11 is 0. The first-order chi connectivity index (χ1) is 12.0. The number of nitrogens with one attached hydrogen (secondary N) is 3. The second-order valence-corrected chi connectivity index (χ2v) is 4.76. The normalized spacial score (nSPS) is 9.88. The van der Waals surface area contributed by atoms with Gasteiger partial charge < -0.3 is 19.2 Å². The third-order valence-corrected chi connectivity index (χ3v) is 3.26. The van der Waals surface area contributed by atoms with Crippen LogP contribution in [0.3, 0.4) is 0 Å². The summed E-state index contributed by atoms with van der Waals surface area (Å²) in [7, 11) is 4.30. The number of pyridine rings is 1. The Morgan fingerprint density at radius 3 is 1.88 bits per heavy atom. The molecule has 0 spiro atoms. The van der Waals surface area contributed by atoms with Gasteiger partial charge in [-0.2, -0.15) is 0 Å². The van der Waals surface area contributed by atoms with Crippen molar-refractivity contribution in [2.45, 2.75) is 0 Å². The molecule has 0 saturated carbocycles. The molecule has 0 unspecified atom stereocenters. The van der Waals surface area contributed by atoms with Crippen molar-refractivity contribution in [3.63, 3.8) is 0 Å². The SMILES string of the molecule is COc1cc(C(=O)NNC(=O)c2ccc(=O)[nH]c2)cc(OC)c1OC.